The Bertz CT molecular complexity index is 579. The fourth-order valence-corrected chi connectivity index (χ4v) is 2.16. The van der Waals surface area contributed by atoms with Crippen molar-refractivity contribution in [3.8, 4) is 11.5 Å². The van der Waals surface area contributed by atoms with E-state index in [0.29, 0.717) is 6.42 Å². The van der Waals surface area contributed by atoms with Crippen LogP contribution in [-0.2, 0) is 11.2 Å². The molecule has 0 spiro atoms. The van der Waals surface area contributed by atoms with Crippen LogP contribution in [-0.4, -0.2) is 6.29 Å². The van der Waals surface area contributed by atoms with E-state index in [1.54, 1.807) is 0 Å². The van der Waals surface area contributed by atoms with E-state index < -0.39 is 0 Å². The summed E-state index contributed by atoms with van der Waals surface area (Å²) in [5, 5.41) is 0. The predicted octanol–water partition coefficient (Wildman–Crippen LogP) is 4.68. The van der Waals surface area contributed by atoms with Crippen LogP contribution >= 0.6 is 15.9 Å². The first kappa shape index (κ1) is 13.8. The second-order valence-electron chi connectivity index (χ2n) is 4.32. The third kappa shape index (κ3) is 3.67. The lowest BCUT2D eigenvalue weighted by atomic mass is 10.1. The molecule has 2 rings (SSSR count). The number of rotatable bonds is 5. The standard InChI is InChI=1S/C16H15BrO2/c1-12-15(17)8-3-9-16(12)19-14-7-2-5-13(11-14)6-4-10-18/h2-3,5,7-11H,4,6H2,1H3. The maximum Gasteiger partial charge on any atom is 0.131 e. The average molecular weight is 319 g/mol. The van der Waals surface area contributed by atoms with Crippen molar-refractivity contribution in [2.24, 2.45) is 0 Å². The largest absolute Gasteiger partial charge is 0.457 e. The molecule has 19 heavy (non-hydrogen) atoms. The minimum Gasteiger partial charge on any atom is -0.457 e. The molecule has 98 valence electrons. The molecule has 0 aliphatic rings. The van der Waals surface area contributed by atoms with E-state index in [0.717, 1.165) is 39.8 Å². The highest BCUT2D eigenvalue weighted by atomic mass is 79.9. The molecular weight excluding hydrogens is 304 g/mol. The highest BCUT2D eigenvalue weighted by molar-refractivity contribution is 9.10. The Morgan fingerprint density at radius 1 is 1.21 bits per heavy atom. The van der Waals surface area contributed by atoms with Crippen molar-refractivity contribution in [3.05, 3.63) is 58.1 Å². The highest BCUT2D eigenvalue weighted by Crippen LogP contribution is 2.30. The maximum atomic E-state index is 10.4. The lowest BCUT2D eigenvalue weighted by molar-refractivity contribution is -0.107. The van der Waals surface area contributed by atoms with Gasteiger partial charge in [0.2, 0.25) is 0 Å². The van der Waals surface area contributed by atoms with Gasteiger partial charge in [-0.15, -0.1) is 0 Å². The lowest BCUT2D eigenvalue weighted by Gasteiger charge is -2.10. The molecule has 2 aromatic rings. The van der Waals surface area contributed by atoms with Crippen molar-refractivity contribution in [1.29, 1.82) is 0 Å². The number of halogens is 1. The van der Waals surface area contributed by atoms with Gasteiger partial charge in [0.1, 0.15) is 17.8 Å². The quantitative estimate of drug-likeness (QED) is 0.748. The van der Waals surface area contributed by atoms with Crippen molar-refractivity contribution in [1.82, 2.24) is 0 Å². The van der Waals surface area contributed by atoms with E-state index in [-0.39, 0.29) is 0 Å². The summed E-state index contributed by atoms with van der Waals surface area (Å²) in [6.07, 6.45) is 2.23. The number of benzene rings is 2. The Hall–Kier alpha value is -1.61. The fourth-order valence-electron chi connectivity index (χ4n) is 1.82. The molecule has 0 aliphatic heterocycles. The number of aldehydes is 1. The summed E-state index contributed by atoms with van der Waals surface area (Å²) >= 11 is 3.49. The van der Waals surface area contributed by atoms with Crippen molar-refractivity contribution in [2.45, 2.75) is 19.8 Å². The minimum absolute atomic E-state index is 0.541. The molecule has 0 fully saturated rings. The van der Waals surface area contributed by atoms with Crippen LogP contribution in [0.5, 0.6) is 11.5 Å². The Kier molecular flexibility index (Phi) is 4.74. The second kappa shape index (κ2) is 6.53. The second-order valence-corrected chi connectivity index (χ2v) is 5.17. The monoisotopic (exact) mass is 318 g/mol. The molecule has 0 amide bonds. The zero-order valence-electron chi connectivity index (χ0n) is 10.7. The van der Waals surface area contributed by atoms with Gasteiger partial charge in [0.15, 0.2) is 0 Å². The topological polar surface area (TPSA) is 26.3 Å². The molecular formula is C16H15BrO2. The van der Waals surface area contributed by atoms with Crippen molar-refractivity contribution in [2.75, 3.05) is 0 Å². The number of carbonyl (C=O) groups excluding carboxylic acids is 1. The molecule has 0 bridgehead atoms. The number of hydrogen-bond acceptors (Lipinski definition) is 2. The van der Waals surface area contributed by atoms with Crippen molar-refractivity contribution in [3.63, 3.8) is 0 Å². The molecule has 0 heterocycles. The molecule has 0 aromatic heterocycles. The van der Waals surface area contributed by atoms with Crippen molar-refractivity contribution >= 4 is 22.2 Å². The third-order valence-electron chi connectivity index (χ3n) is 2.90. The van der Waals surface area contributed by atoms with Crippen LogP contribution in [0, 0.1) is 6.92 Å². The number of ether oxygens (including phenoxy) is 1. The van der Waals surface area contributed by atoms with Crippen LogP contribution in [0.15, 0.2) is 46.9 Å². The molecule has 0 radical (unpaired) electrons. The van der Waals surface area contributed by atoms with Gasteiger partial charge in [-0.25, -0.2) is 0 Å². The molecule has 0 atom stereocenters. The van der Waals surface area contributed by atoms with Gasteiger partial charge in [0.05, 0.1) is 0 Å². The van der Waals surface area contributed by atoms with Gasteiger partial charge < -0.3 is 9.53 Å². The summed E-state index contributed by atoms with van der Waals surface area (Å²) in [6, 6.07) is 13.7. The lowest BCUT2D eigenvalue weighted by Crippen LogP contribution is -1.91. The number of aryl methyl sites for hydroxylation is 1. The Morgan fingerprint density at radius 2 is 2.00 bits per heavy atom. The average Bonchev–Trinajstić information content (AvgIpc) is 2.42. The summed E-state index contributed by atoms with van der Waals surface area (Å²) in [5.41, 5.74) is 2.18. The highest BCUT2D eigenvalue weighted by Gasteiger charge is 2.04. The number of hydrogen-bond donors (Lipinski definition) is 0. The summed E-state index contributed by atoms with van der Waals surface area (Å²) in [7, 11) is 0. The zero-order valence-corrected chi connectivity index (χ0v) is 12.3. The Morgan fingerprint density at radius 3 is 2.79 bits per heavy atom. The van der Waals surface area contributed by atoms with Gasteiger partial charge in [-0.1, -0.05) is 34.1 Å². The molecule has 2 nitrogen and oxygen atoms in total. The van der Waals surface area contributed by atoms with Gasteiger partial charge in [0.25, 0.3) is 0 Å². The van der Waals surface area contributed by atoms with E-state index in [9.17, 15) is 4.79 Å². The SMILES string of the molecule is Cc1c(Br)cccc1Oc1cccc(CCC=O)c1. The van der Waals surface area contributed by atoms with Crippen LogP contribution in [0.4, 0.5) is 0 Å². The Balaban J connectivity index is 2.18. The van der Waals surface area contributed by atoms with Crippen LogP contribution in [0.2, 0.25) is 0 Å². The van der Waals surface area contributed by atoms with E-state index in [2.05, 4.69) is 15.9 Å². The summed E-state index contributed by atoms with van der Waals surface area (Å²) in [5.74, 6) is 1.63. The molecule has 0 N–H and O–H groups in total. The Labute approximate surface area is 121 Å². The first-order valence-electron chi connectivity index (χ1n) is 6.16. The molecule has 0 unspecified atom stereocenters. The number of carbonyl (C=O) groups is 1. The molecule has 2 aromatic carbocycles. The van der Waals surface area contributed by atoms with Gasteiger partial charge in [-0.05, 0) is 43.2 Å². The normalized spacial score (nSPS) is 10.2. The maximum absolute atomic E-state index is 10.4. The molecule has 0 saturated heterocycles. The van der Waals surface area contributed by atoms with Crippen LogP contribution < -0.4 is 4.74 Å². The van der Waals surface area contributed by atoms with E-state index in [1.165, 1.54) is 0 Å². The van der Waals surface area contributed by atoms with Gasteiger partial charge in [-0.2, -0.15) is 0 Å². The van der Waals surface area contributed by atoms with Gasteiger partial charge in [0, 0.05) is 16.5 Å². The van der Waals surface area contributed by atoms with Crippen LogP contribution in [0.1, 0.15) is 17.5 Å². The minimum atomic E-state index is 0.541. The summed E-state index contributed by atoms with van der Waals surface area (Å²) in [6.45, 7) is 2.01. The third-order valence-corrected chi connectivity index (χ3v) is 3.75. The van der Waals surface area contributed by atoms with Crippen LogP contribution in [0.25, 0.3) is 0 Å². The molecule has 0 aliphatic carbocycles. The smallest absolute Gasteiger partial charge is 0.131 e. The van der Waals surface area contributed by atoms with Crippen LogP contribution in [0.3, 0.4) is 0 Å². The fraction of sp³-hybridized carbons (Fsp3) is 0.188. The zero-order chi connectivity index (χ0) is 13.7. The van der Waals surface area contributed by atoms with E-state index in [4.69, 9.17) is 4.74 Å². The van der Waals surface area contributed by atoms with Gasteiger partial charge in [-0.3, -0.25) is 0 Å². The molecule has 0 saturated carbocycles. The first-order chi connectivity index (χ1) is 9.20. The van der Waals surface area contributed by atoms with E-state index in [1.807, 2.05) is 49.4 Å². The predicted molar refractivity (Wildman–Crippen MR) is 79.8 cm³/mol. The summed E-state index contributed by atoms with van der Waals surface area (Å²) < 4.78 is 6.92. The van der Waals surface area contributed by atoms with E-state index >= 15 is 0 Å². The first-order valence-corrected chi connectivity index (χ1v) is 6.95. The van der Waals surface area contributed by atoms with Gasteiger partial charge >= 0.3 is 0 Å². The summed E-state index contributed by atoms with van der Waals surface area (Å²) in [4.78, 5) is 10.4. The van der Waals surface area contributed by atoms with Crippen molar-refractivity contribution < 1.29 is 9.53 Å². The molecule has 3 heteroatoms.